The molecule has 3 aromatic heterocycles. The number of nitrogens with zero attached hydrogens (tertiary/aromatic N) is 4. The molecule has 101 heavy (non-hydrogen) atoms. The van der Waals surface area contributed by atoms with Crippen LogP contribution in [-0.4, -0.2) is 32.9 Å². The monoisotopic (exact) mass is 1380 g/mol. The van der Waals surface area contributed by atoms with E-state index >= 15 is 0 Å². The summed E-state index contributed by atoms with van der Waals surface area (Å²) >= 11 is -0.191. The Morgan fingerprint density at radius 1 is 0.277 bits per heavy atom. The molecule has 0 bridgehead atoms. The fourth-order valence-electron chi connectivity index (χ4n) is 17.1. The van der Waals surface area contributed by atoms with Crippen molar-refractivity contribution in [2.75, 3.05) is 0 Å². The zero-order valence-electron chi connectivity index (χ0n) is 59.6. The van der Waals surface area contributed by atoms with E-state index in [1.165, 1.54) is 197 Å². The smallest absolute Gasteiger partial charge is 0.248 e. The van der Waals surface area contributed by atoms with Crippen LogP contribution in [0.1, 0.15) is 201 Å². The number of rotatable bonds is 29. The quantitative estimate of drug-likeness (QED) is 0.0346. The second-order valence-corrected chi connectivity index (χ2v) is 30.0. The Kier molecular flexibility index (Phi) is 20.6. The standard InChI is InChI=1S/C96H94N4Se/c1-5-9-13-27-57-95(58-28-14-10-6-2)87-63-71(67-31-19-17-20-32-67)43-51-81(87)83-53-45-75(65-89(83)95)85-61-73(42-50-78-48-40-70-36-24-26-38-92(70)98-78)86(62-72(85)41-49-77-47-39-69-35-23-25-37-91(69)97-77)76-46-54-84-82-52-44-74(80-56-55-79(68-33-21-18-22-34-68)93-94(80)100-101-99-93)64-88(82)96(90(84)66-76,59-29-15-11-7-3)60-30-16-12-8-4/h17-26,31-56,61-66H,5-16,27-30,57-60H2,1-4H3/b49-41+,50-42+. The SMILES string of the molecule is CCCCCCC1(CCCCCC)c2cc(-c3ccccc3)ccc2-c2ccc(-c3cc(/C=C/c4ccc5ccccc5n4)c(-c4ccc5c(c4)C(CCCCCC)(CCCCCC)c4cc(-c6ccc(-c7ccccc7)c7n[se]nc67)ccc4-5)cc3/C=C/c3ccc4ccccc4n3)cc21. The van der Waals surface area contributed by atoms with E-state index in [0.717, 1.165) is 86.6 Å². The average molecular weight is 1380 g/mol. The maximum absolute atomic E-state index is 5.27. The summed E-state index contributed by atoms with van der Waals surface area (Å²) in [5, 5.41) is 2.28. The third-order valence-electron chi connectivity index (χ3n) is 22.4. The molecule has 15 rings (SSSR count). The Bertz CT molecular complexity index is 5120. The molecule has 0 N–H and O–H groups in total. The van der Waals surface area contributed by atoms with Crippen LogP contribution in [0.25, 0.3) is 135 Å². The molecule has 10 aromatic carbocycles. The number of hydrogen-bond donors (Lipinski definition) is 0. The van der Waals surface area contributed by atoms with Crippen LogP contribution in [0.15, 0.2) is 231 Å². The van der Waals surface area contributed by atoms with Gasteiger partial charge in [-0.15, -0.1) is 0 Å². The molecular formula is C96H94N4Se. The van der Waals surface area contributed by atoms with Crippen molar-refractivity contribution >= 4 is 72.1 Å². The van der Waals surface area contributed by atoms with Crippen LogP contribution in [0.4, 0.5) is 0 Å². The molecule has 3 heterocycles. The minimum atomic E-state index is -0.199. The maximum atomic E-state index is 5.27. The van der Waals surface area contributed by atoms with Crippen molar-refractivity contribution in [1.82, 2.24) is 17.9 Å². The third-order valence-corrected chi connectivity index (χ3v) is 23.5. The van der Waals surface area contributed by atoms with Gasteiger partial charge in [0, 0.05) is 16.2 Å². The van der Waals surface area contributed by atoms with Crippen LogP contribution >= 0.6 is 0 Å². The van der Waals surface area contributed by atoms with E-state index in [9.17, 15) is 0 Å². The van der Waals surface area contributed by atoms with Gasteiger partial charge >= 0.3 is 250 Å². The number of benzene rings is 10. The van der Waals surface area contributed by atoms with E-state index in [4.69, 9.17) is 17.9 Å². The Labute approximate surface area is 606 Å². The molecule has 0 fully saturated rings. The summed E-state index contributed by atoms with van der Waals surface area (Å²) in [6.07, 6.45) is 33.2. The Balaban J connectivity index is 0.935. The molecule has 2 aliphatic carbocycles. The van der Waals surface area contributed by atoms with Crippen LogP contribution in [0.5, 0.6) is 0 Å². The molecule has 0 atom stereocenters. The van der Waals surface area contributed by atoms with Crippen LogP contribution in [0.3, 0.4) is 0 Å². The minimum Gasteiger partial charge on any atom is -0.248 e. The number of unbranched alkanes of at least 4 members (excludes halogenated alkanes) is 12. The first-order valence-electron chi connectivity index (χ1n) is 38.1. The second kappa shape index (κ2) is 30.8. The molecule has 13 aromatic rings. The normalized spacial score (nSPS) is 13.4. The van der Waals surface area contributed by atoms with Gasteiger partial charge in [0.05, 0.1) is 22.4 Å². The summed E-state index contributed by atoms with van der Waals surface area (Å²) in [6, 6.07) is 87.3. The van der Waals surface area contributed by atoms with Gasteiger partial charge < -0.3 is 0 Å². The number of para-hydroxylation sites is 2. The van der Waals surface area contributed by atoms with E-state index in [-0.39, 0.29) is 25.8 Å². The van der Waals surface area contributed by atoms with Gasteiger partial charge in [-0.2, -0.15) is 0 Å². The first-order valence-corrected chi connectivity index (χ1v) is 39.6. The first-order chi connectivity index (χ1) is 49.9. The molecular weight excluding hydrogens is 1290 g/mol. The summed E-state index contributed by atoms with van der Waals surface area (Å²) in [5.41, 5.74) is 31.6. The molecule has 5 heteroatoms. The summed E-state index contributed by atoms with van der Waals surface area (Å²) in [6.45, 7) is 9.38. The summed E-state index contributed by atoms with van der Waals surface area (Å²) in [5.74, 6) is 0. The van der Waals surface area contributed by atoms with Gasteiger partial charge in [0.25, 0.3) is 0 Å². The molecule has 0 radical (unpaired) electrons. The zero-order valence-corrected chi connectivity index (χ0v) is 61.3. The fourth-order valence-corrected chi connectivity index (χ4v) is 18.3. The number of pyridine rings is 2. The van der Waals surface area contributed by atoms with Crippen LogP contribution in [0, 0.1) is 0 Å². The van der Waals surface area contributed by atoms with Crippen molar-refractivity contribution in [1.29, 1.82) is 0 Å². The van der Waals surface area contributed by atoms with Crippen molar-refractivity contribution in [2.45, 2.75) is 167 Å². The van der Waals surface area contributed by atoms with Crippen molar-refractivity contribution in [3.8, 4) is 77.9 Å². The molecule has 0 aliphatic heterocycles. The van der Waals surface area contributed by atoms with E-state index in [2.05, 4.69) is 283 Å². The van der Waals surface area contributed by atoms with Crippen molar-refractivity contribution in [3.63, 3.8) is 0 Å². The van der Waals surface area contributed by atoms with Gasteiger partial charge in [0.1, 0.15) is 0 Å². The van der Waals surface area contributed by atoms with Gasteiger partial charge in [-0.05, 0) is 118 Å². The van der Waals surface area contributed by atoms with Crippen LogP contribution < -0.4 is 0 Å². The van der Waals surface area contributed by atoms with Crippen LogP contribution in [0.2, 0.25) is 0 Å². The average Bonchev–Trinajstić information content (AvgIpc) is 1.57. The molecule has 0 saturated carbocycles. The summed E-state index contributed by atoms with van der Waals surface area (Å²) in [7, 11) is 0. The summed E-state index contributed by atoms with van der Waals surface area (Å²) in [4.78, 5) is 10.5. The van der Waals surface area contributed by atoms with E-state index in [1.54, 1.807) is 0 Å². The van der Waals surface area contributed by atoms with E-state index in [1.807, 2.05) is 0 Å². The summed E-state index contributed by atoms with van der Waals surface area (Å²) < 4.78 is 10.3. The Morgan fingerprint density at radius 3 is 1.04 bits per heavy atom. The van der Waals surface area contributed by atoms with Gasteiger partial charge in [0.15, 0.2) is 0 Å². The molecule has 0 unspecified atom stereocenters. The first kappa shape index (κ1) is 67.4. The zero-order chi connectivity index (χ0) is 68.5. The molecule has 0 spiro atoms. The van der Waals surface area contributed by atoms with Gasteiger partial charge in [-0.25, -0.2) is 9.97 Å². The van der Waals surface area contributed by atoms with E-state index in [0.29, 0.717) is 0 Å². The number of fused-ring (bicyclic) bond motifs is 9. The molecule has 0 saturated heterocycles. The Hall–Kier alpha value is -9.38. The van der Waals surface area contributed by atoms with Crippen LogP contribution in [-0.2, 0) is 10.8 Å². The predicted molar refractivity (Wildman–Crippen MR) is 432 cm³/mol. The molecule has 504 valence electrons. The number of hydrogen-bond acceptors (Lipinski definition) is 4. The van der Waals surface area contributed by atoms with Crippen molar-refractivity contribution < 1.29 is 0 Å². The Morgan fingerprint density at radius 2 is 0.624 bits per heavy atom. The second-order valence-electron chi connectivity index (χ2n) is 28.9. The van der Waals surface area contributed by atoms with Gasteiger partial charge in [-0.1, -0.05) is 194 Å². The van der Waals surface area contributed by atoms with Gasteiger partial charge in [-0.3, -0.25) is 0 Å². The minimum absolute atomic E-state index is 0.135. The van der Waals surface area contributed by atoms with Crippen molar-refractivity contribution in [2.24, 2.45) is 0 Å². The fraction of sp³-hybridized carbons (Fsp3) is 0.271. The van der Waals surface area contributed by atoms with Gasteiger partial charge in [0.2, 0.25) is 0 Å². The van der Waals surface area contributed by atoms with Crippen molar-refractivity contribution in [3.05, 3.63) is 275 Å². The number of aromatic nitrogens is 4. The topological polar surface area (TPSA) is 51.6 Å². The molecule has 4 nitrogen and oxygen atoms in total. The molecule has 2 aliphatic rings. The predicted octanol–water partition coefficient (Wildman–Crippen LogP) is 26.9. The van der Waals surface area contributed by atoms with E-state index < -0.39 is 0 Å². The third kappa shape index (κ3) is 13.7. The molecule has 0 amide bonds.